The molecule has 0 radical (unpaired) electrons. The third-order valence-electron chi connectivity index (χ3n) is 2.67. The summed E-state index contributed by atoms with van der Waals surface area (Å²) in [6.07, 6.45) is 1.91. The summed E-state index contributed by atoms with van der Waals surface area (Å²) in [7, 11) is 0. The third-order valence-corrected chi connectivity index (χ3v) is 3.36. The molecular formula is C13H10BrN3. The van der Waals surface area contributed by atoms with E-state index in [9.17, 15) is 0 Å². The lowest BCUT2D eigenvalue weighted by atomic mass is 10.2. The number of nitrogens with zero attached hydrogens (tertiary/aromatic N) is 3. The van der Waals surface area contributed by atoms with Crippen LogP contribution >= 0.6 is 15.9 Å². The monoisotopic (exact) mass is 287 g/mol. The molecule has 0 unspecified atom stereocenters. The van der Waals surface area contributed by atoms with E-state index in [0.717, 1.165) is 27.1 Å². The van der Waals surface area contributed by atoms with Crippen molar-refractivity contribution in [3.8, 4) is 11.4 Å². The second kappa shape index (κ2) is 3.96. The van der Waals surface area contributed by atoms with Gasteiger partial charge in [-0.15, -0.1) is 5.10 Å². The van der Waals surface area contributed by atoms with Gasteiger partial charge in [0.25, 0.3) is 0 Å². The number of hydrogen-bond acceptors (Lipinski definition) is 2. The molecule has 0 N–H and O–H groups in total. The molecule has 0 atom stereocenters. The largest absolute Gasteiger partial charge is 0.220 e. The first-order valence-electron chi connectivity index (χ1n) is 5.32. The van der Waals surface area contributed by atoms with E-state index in [4.69, 9.17) is 0 Å². The second-order valence-electron chi connectivity index (χ2n) is 3.87. The molecule has 0 aliphatic rings. The number of benzene rings is 1. The van der Waals surface area contributed by atoms with Gasteiger partial charge in [-0.05, 0) is 30.7 Å². The molecule has 0 spiro atoms. The normalized spacial score (nSPS) is 10.9. The molecule has 0 aliphatic heterocycles. The van der Waals surface area contributed by atoms with E-state index in [0.29, 0.717) is 0 Å². The van der Waals surface area contributed by atoms with Gasteiger partial charge in [-0.3, -0.25) is 0 Å². The number of hydrogen-bond donors (Lipinski definition) is 0. The first-order chi connectivity index (χ1) is 8.25. The maximum Gasteiger partial charge on any atom is 0.183 e. The lowest BCUT2D eigenvalue weighted by Gasteiger charge is -1.96. The average molecular weight is 288 g/mol. The number of halogens is 1. The summed E-state index contributed by atoms with van der Waals surface area (Å²) >= 11 is 3.52. The van der Waals surface area contributed by atoms with Gasteiger partial charge in [-0.2, -0.15) is 0 Å². The number of aryl methyl sites for hydroxylation is 1. The standard InChI is InChI=1S/C13H10BrN3/c1-9-5-4-8-17-13(9)15-12(16-17)10-6-2-3-7-11(10)14/h2-8H,1H3. The topological polar surface area (TPSA) is 30.2 Å². The van der Waals surface area contributed by atoms with E-state index >= 15 is 0 Å². The fraction of sp³-hybridized carbons (Fsp3) is 0.0769. The van der Waals surface area contributed by atoms with Gasteiger partial charge in [0.1, 0.15) is 0 Å². The second-order valence-corrected chi connectivity index (χ2v) is 4.73. The summed E-state index contributed by atoms with van der Waals surface area (Å²) in [6, 6.07) is 12.0. The molecule has 1 aromatic carbocycles. The van der Waals surface area contributed by atoms with E-state index in [1.165, 1.54) is 0 Å². The highest BCUT2D eigenvalue weighted by atomic mass is 79.9. The van der Waals surface area contributed by atoms with Gasteiger partial charge in [0.15, 0.2) is 11.5 Å². The highest BCUT2D eigenvalue weighted by Crippen LogP contribution is 2.25. The zero-order valence-electron chi connectivity index (χ0n) is 9.26. The zero-order chi connectivity index (χ0) is 11.8. The molecule has 0 saturated heterocycles. The van der Waals surface area contributed by atoms with Crippen LogP contribution in [0.4, 0.5) is 0 Å². The van der Waals surface area contributed by atoms with E-state index in [-0.39, 0.29) is 0 Å². The van der Waals surface area contributed by atoms with Crippen molar-refractivity contribution in [3.63, 3.8) is 0 Å². The molecular weight excluding hydrogens is 278 g/mol. The van der Waals surface area contributed by atoms with Crippen LogP contribution < -0.4 is 0 Å². The van der Waals surface area contributed by atoms with Crippen molar-refractivity contribution >= 4 is 21.6 Å². The fourth-order valence-electron chi connectivity index (χ4n) is 1.80. The molecule has 17 heavy (non-hydrogen) atoms. The minimum absolute atomic E-state index is 0.742. The SMILES string of the molecule is Cc1cccn2nc(-c3ccccc3Br)nc12. The van der Waals surface area contributed by atoms with Gasteiger partial charge < -0.3 is 0 Å². The molecule has 0 bridgehead atoms. The smallest absolute Gasteiger partial charge is 0.183 e. The third kappa shape index (κ3) is 1.74. The predicted molar refractivity (Wildman–Crippen MR) is 70.9 cm³/mol. The van der Waals surface area contributed by atoms with Crippen molar-refractivity contribution in [1.82, 2.24) is 14.6 Å². The van der Waals surface area contributed by atoms with Crippen LogP contribution in [0, 0.1) is 6.92 Å². The lowest BCUT2D eigenvalue weighted by Crippen LogP contribution is -1.87. The molecule has 3 rings (SSSR count). The van der Waals surface area contributed by atoms with E-state index < -0.39 is 0 Å². The molecule has 0 saturated carbocycles. The summed E-state index contributed by atoms with van der Waals surface area (Å²) in [5.41, 5.74) is 3.03. The minimum Gasteiger partial charge on any atom is -0.220 e. The summed E-state index contributed by atoms with van der Waals surface area (Å²) in [5.74, 6) is 0.742. The van der Waals surface area contributed by atoms with Crippen molar-refractivity contribution < 1.29 is 0 Å². The van der Waals surface area contributed by atoms with Gasteiger partial charge in [-0.25, -0.2) is 9.50 Å². The molecule has 0 amide bonds. The summed E-state index contributed by atoms with van der Waals surface area (Å²) in [5, 5.41) is 4.48. The summed E-state index contributed by atoms with van der Waals surface area (Å²) in [6.45, 7) is 2.04. The van der Waals surface area contributed by atoms with Gasteiger partial charge in [-0.1, -0.05) is 34.1 Å². The first-order valence-corrected chi connectivity index (χ1v) is 6.12. The molecule has 0 fully saturated rings. The van der Waals surface area contributed by atoms with Crippen LogP contribution in [0.5, 0.6) is 0 Å². The number of fused-ring (bicyclic) bond motifs is 1. The van der Waals surface area contributed by atoms with Crippen molar-refractivity contribution in [3.05, 3.63) is 52.6 Å². The molecule has 2 aromatic heterocycles. The maximum absolute atomic E-state index is 4.57. The average Bonchev–Trinajstić information content (AvgIpc) is 2.75. The van der Waals surface area contributed by atoms with Crippen LogP contribution in [0.15, 0.2) is 47.1 Å². The van der Waals surface area contributed by atoms with Gasteiger partial charge in [0.05, 0.1) is 0 Å². The Morgan fingerprint density at radius 2 is 1.94 bits per heavy atom. The number of rotatable bonds is 1. The Labute approximate surface area is 107 Å². The first kappa shape index (κ1) is 10.5. The Bertz CT molecular complexity index is 688. The van der Waals surface area contributed by atoms with Crippen LogP contribution in [-0.2, 0) is 0 Å². The van der Waals surface area contributed by atoms with Crippen LogP contribution in [0.2, 0.25) is 0 Å². The predicted octanol–water partition coefficient (Wildman–Crippen LogP) is 3.47. The van der Waals surface area contributed by atoms with Crippen LogP contribution in [0.1, 0.15) is 5.56 Å². The molecule has 4 heteroatoms. The van der Waals surface area contributed by atoms with E-state index in [2.05, 4.69) is 26.0 Å². The van der Waals surface area contributed by atoms with E-state index in [1.807, 2.05) is 54.0 Å². The van der Waals surface area contributed by atoms with Gasteiger partial charge >= 0.3 is 0 Å². The summed E-state index contributed by atoms with van der Waals surface area (Å²) < 4.78 is 2.82. The van der Waals surface area contributed by atoms with Crippen LogP contribution in [0.25, 0.3) is 17.0 Å². The number of pyridine rings is 1. The molecule has 3 nitrogen and oxygen atoms in total. The van der Waals surface area contributed by atoms with Crippen molar-refractivity contribution in [2.45, 2.75) is 6.92 Å². The lowest BCUT2D eigenvalue weighted by molar-refractivity contribution is 0.960. The highest BCUT2D eigenvalue weighted by molar-refractivity contribution is 9.10. The quantitative estimate of drug-likeness (QED) is 0.686. The fourth-order valence-corrected chi connectivity index (χ4v) is 2.26. The Balaban J connectivity index is 2.26. The summed E-state index contributed by atoms with van der Waals surface area (Å²) in [4.78, 5) is 4.57. The minimum atomic E-state index is 0.742. The Morgan fingerprint density at radius 3 is 2.71 bits per heavy atom. The van der Waals surface area contributed by atoms with Crippen LogP contribution in [0.3, 0.4) is 0 Å². The Hall–Kier alpha value is -1.68. The number of aromatic nitrogens is 3. The van der Waals surface area contributed by atoms with Crippen LogP contribution in [-0.4, -0.2) is 14.6 Å². The molecule has 0 aliphatic carbocycles. The maximum atomic E-state index is 4.57. The molecule has 3 aromatic rings. The van der Waals surface area contributed by atoms with Crippen molar-refractivity contribution in [1.29, 1.82) is 0 Å². The van der Waals surface area contributed by atoms with E-state index in [1.54, 1.807) is 0 Å². The van der Waals surface area contributed by atoms with Crippen molar-refractivity contribution in [2.75, 3.05) is 0 Å². The van der Waals surface area contributed by atoms with Crippen molar-refractivity contribution in [2.24, 2.45) is 0 Å². The Morgan fingerprint density at radius 1 is 1.12 bits per heavy atom. The van der Waals surface area contributed by atoms with Gasteiger partial charge in [0.2, 0.25) is 0 Å². The Kier molecular flexibility index (Phi) is 2.44. The molecule has 2 heterocycles. The zero-order valence-corrected chi connectivity index (χ0v) is 10.8. The molecule has 84 valence electrons. The highest BCUT2D eigenvalue weighted by Gasteiger charge is 2.09. The van der Waals surface area contributed by atoms with Gasteiger partial charge in [0, 0.05) is 16.2 Å².